The standard InChI is InChI=1S/C12H16O3S/c1-9-7-11(4-3-10(9)8-13)16-6-5-12(14)15-2/h3-4,7,13H,5-6,8H2,1-2H3. The number of hydrogen-bond acceptors (Lipinski definition) is 4. The van der Waals surface area contributed by atoms with Crippen molar-refractivity contribution in [3.63, 3.8) is 0 Å². The molecule has 0 fully saturated rings. The number of thioether (sulfide) groups is 1. The third kappa shape index (κ3) is 3.87. The molecule has 88 valence electrons. The van der Waals surface area contributed by atoms with E-state index in [0.717, 1.165) is 16.0 Å². The van der Waals surface area contributed by atoms with Gasteiger partial charge in [0.2, 0.25) is 0 Å². The lowest BCUT2D eigenvalue weighted by Gasteiger charge is -2.05. The van der Waals surface area contributed by atoms with Gasteiger partial charge in [0.1, 0.15) is 0 Å². The van der Waals surface area contributed by atoms with E-state index in [9.17, 15) is 4.79 Å². The van der Waals surface area contributed by atoms with Gasteiger partial charge in [0, 0.05) is 10.6 Å². The molecule has 0 heterocycles. The van der Waals surface area contributed by atoms with Crippen LogP contribution in [0, 0.1) is 6.92 Å². The summed E-state index contributed by atoms with van der Waals surface area (Å²) in [7, 11) is 1.40. The van der Waals surface area contributed by atoms with Crippen LogP contribution >= 0.6 is 11.8 Å². The summed E-state index contributed by atoms with van der Waals surface area (Å²) in [6.45, 7) is 2.04. The number of methoxy groups -OCH3 is 1. The minimum Gasteiger partial charge on any atom is -0.469 e. The lowest BCUT2D eigenvalue weighted by atomic mass is 10.1. The molecule has 0 amide bonds. The quantitative estimate of drug-likeness (QED) is 0.632. The smallest absolute Gasteiger partial charge is 0.306 e. The fourth-order valence-electron chi connectivity index (χ4n) is 1.29. The van der Waals surface area contributed by atoms with Gasteiger partial charge in [-0.1, -0.05) is 6.07 Å². The number of rotatable bonds is 5. The van der Waals surface area contributed by atoms with Gasteiger partial charge in [0.05, 0.1) is 20.1 Å². The van der Waals surface area contributed by atoms with E-state index in [1.54, 1.807) is 11.8 Å². The molecule has 4 heteroatoms. The Hall–Kier alpha value is -1.00. The number of esters is 1. The Balaban J connectivity index is 2.49. The zero-order valence-electron chi connectivity index (χ0n) is 9.53. The summed E-state index contributed by atoms with van der Waals surface area (Å²) in [6.07, 6.45) is 0.419. The minimum absolute atomic E-state index is 0.0684. The molecule has 0 atom stereocenters. The second kappa shape index (κ2) is 6.55. The average Bonchev–Trinajstić information content (AvgIpc) is 2.29. The van der Waals surface area contributed by atoms with Crippen LogP contribution in [0.15, 0.2) is 23.1 Å². The maximum Gasteiger partial charge on any atom is 0.306 e. The lowest BCUT2D eigenvalue weighted by Crippen LogP contribution is -2.00. The van der Waals surface area contributed by atoms with Crippen LogP contribution in [0.5, 0.6) is 0 Å². The normalized spacial score (nSPS) is 10.2. The van der Waals surface area contributed by atoms with Crippen LogP contribution in [0.25, 0.3) is 0 Å². The van der Waals surface area contributed by atoms with Gasteiger partial charge in [-0.15, -0.1) is 11.8 Å². The van der Waals surface area contributed by atoms with Crippen molar-refractivity contribution in [3.8, 4) is 0 Å². The molecule has 0 unspecified atom stereocenters. The number of aliphatic hydroxyl groups is 1. The van der Waals surface area contributed by atoms with Gasteiger partial charge < -0.3 is 9.84 Å². The van der Waals surface area contributed by atoms with Gasteiger partial charge in [-0.05, 0) is 30.2 Å². The van der Waals surface area contributed by atoms with Crippen molar-refractivity contribution in [2.24, 2.45) is 0 Å². The molecular formula is C12H16O3S. The topological polar surface area (TPSA) is 46.5 Å². The van der Waals surface area contributed by atoms with E-state index in [4.69, 9.17) is 5.11 Å². The van der Waals surface area contributed by atoms with Crippen molar-refractivity contribution in [2.75, 3.05) is 12.9 Å². The number of carbonyl (C=O) groups excluding carboxylic acids is 1. The average molecular weight is 240 g/mol. The van der Waals surface area contributed by atoms with E-state index in [-0.39, 0.29) is 12.6 Å². The molecule has 0 aromatic heterocycles. The molecule has 1 rings (SSSR count). The van der Waals surface area contributed by atoms with Crippen molar-refractivity contribution >= 4 is 17.7 Å². The van der Waals surface area contributed by atoms with E-state index in [1.807, 2.05) is 25.1 Å². The monoisotopic (exact) mass is 240 g/mol. The Bertz CT molecular complexity index is 363. The van der Waals surface area contributed by atoms with E-state index in [2.05, 4.69) is 4.74 Å². The second-order valence-electron chi connectivity index (χ2n) is 3.42. The summed E-state index contributed by atoms with van der Waals surface area (Å²) in [5.74, 6) is 0.529. The summed E-state index contributed by atoms with van der Waals surface area (Å²) in [4.78, 5) is 12.0. The fourth-order valence-corrected chi connectivity index (χ4v) is 2.22. The SMILES string of the molecule is COC(=O)CCSc1ccc(CO)c(C)c1. The fraction of sp³-hybridized carbons (Fsp3) is 0.417. The van der Waals surface area contributed by atoms with Gasteiger partial charge in [0.25, 0.3) is 0 Å². The highest BCUT2D eigenvalue weighted by Gasteiger charge is 2.02. The largest absolute Gasteiger partial charge is 0.469 e. The molecule has 0 spiro atoms. The summed E-state index contributed by atoms with van der Waals surface area (Å²) in [5.41, 5.74) is 2.02. The third-order valence-electron chi connectivity index (χ3n) is 2.29. The third-order valence-corrected chi connectivity index (χ3v) is 3.28. The molecule has 16 heavy (non-hydrogen) atoms. The first kappa shape index (κ1) is 13.1. The van der Waals surface area contributed by atoms with Crippen LogP contribution in [0.1, 0.15) is 17.5 Å². The molecule has 0 aliphatic carbocycles. The number of benzene rings is 1. The highest BCUT2D eigenvalue weighted by molar-refractivity contribution is 7.99. The molecule has 0 saturated heterocycles. The van der Waals surface area contributed by atoms with E-state index < -0.39 is 0 Å². The molecule has 0 radical (unpaired) electrons. The van der Waals surface area contributed by atoms with Crippen molar-refractivity contribution in [3.05, 3.63) is 29.3 Å². The molecule has 0 aliphatic heterocycles. The number of ether oxygens (including phenoxy) is 1. The lowest BCUT2D eigenvalue weighted by molar-refractivity contribution is -0.140. The Labute approximate surface area is 99.8 Å². The maximum atomic E-state index is 10.9. The molecule has 0 aliphatic rings. The Morgan fingerprint density at radius 2 is 2.25 bits per heavy atom. The van der Waals surface area contributed by atoms with Crippen LogP contribution in [-0.2, 0) is 16.1 Å². The van der Waals surface area contributed by atoms with Gasteiger partial charge >= 0.3 is 5.97 Å². The van der Waals surface area contributed by atoms with E-state index >= 15 is 0 Å². The molecule has 1 N–H and O–H groups in total. The molecule has 1 aromatic carbocycles. The van der Waals surface area contributed by atoms with Gasteiger partial charge in [-0.25, -0.2) is 0 Å². The summed E-state index contributed by atoms with van der Waals surface area (Å²) < 4.78 is 4.56. The van der Waals surface area contributed by atoms with Gasteiger partial charge in [0.15, 0.2) is 0 Å². The van der Waals surface area contributed by atoms with Crippen LogP contribution in [0.3, 0.4) is 0 Å². The van der Waals surface area contributed by atoms with Crippen molar-refractivity contribution < 1.29 is 14.6 Å². The summed E-state index contributed by atoms with van der Waals surface area (Å²) in [6, 6.07) is 5.89. The molecule has 0 bridgehead atoms. The maximum absolute atomic E-state index is 10.9. The number of carbonyl (C=O) groups is 1. The summed E-state index contributed by atoms with van der Waals surface area (Å²) in [5, 5.41) is 9.02. The number of aryl methyl sites for hydroxylation is 1. The van der Waals surface area contributed by atoms with E-state index in [1.165, 1.54) is 7.11 Å². The predicted octanol–water partition coefficient (Wildman–Crippen LogP) is 2.14. The van der Waals surface area contributed by atoms with Crippen molar-refractivity contribution in [1.82, 2.24) is 0 Å². The molecule has 1 aromatic rings. The summed E-state index contributed by atoms with van der Waals surface area (Å²) >= 11 is 1.62. The Morgan fingerprint density at radius 3 is 2.81 bits per heavy atom. The Morgan fingerprint density at radius 1 is 1.50 bits per heavy atom. The first-order valence-corrected chi connectivity index (χ1v) is 6.06. The van der Waals surface area contributed by atoms with Crippen LogP contribution in [-0.4, -0.2) is 23.9 Å². The highest BCUT2D eigenvalue weighted by atomic mass is 32.2. The first-order chi connectivity index (χ1) is 7.67. The van der Waals surface area contributed by atoms with Gasteiger partial charge in [-0.2, -0.15) is 0 Å². The zero-order chi connectivity index (χ0) is 12.0. The first-order valence-electron chi connectivity index (χ1n) is 5.07. The number of aliphatic hydroxyl groups excluding tert-OH is 1. The number of hydrogen-bond donors (Lipinski definition) is 1. The van der Waals surface area contributed by atoms with Crippen LogP contribution in [0.4, 0.5) is 0 Å². The minimum atomic E-state index is -0.184. The molecule has 0 saturated carbocycles. The Kier molecular flexibility index (Phi) is 5.35. The van der Waals surface area contributed by atoms with Crippen LogP contribution in [0.2, 0.25) is 0 Å². The zero-order valence-corrected chi connectivity index (χ0v) is 10.3. The van der Waals surface area contributed by atoms with Crippen LogP contribution < -0.4 is 0 Å². The molecule has 3 nitrogen and oxygen atoms in total. The van der Waals surface area contributed by atoms with Crippen molar-refractivity contribution in [1.29, 1.82) is 0 Å². The second-order valence-corrected chi connectivity index (χ2v) is 4.59. The molecular weight excluding hydrogens is 224 g/mol. The van der Waals surface area contributed by atoms with E-state index in [0.29, 0.717) is 12.2 Å². The predicted molar refractivity (Wildman–Crippen MR) is 64.5 cm³/mol. The van der Waals surface area contributed by atoms with Crippen molar-refractivity contribution in [2.45, 2.75) is 24.8 Å². The van der Waals surface area contributed by atoms with Gasteiger partial charge in [-0.3, -0.25) is 4.79 Å². The highest BCUT2D eigenvalue weighted by Crippen LogP contribution is 2.22.